The normalized spacial score (nSPS) is 14.4. The molecular weight excluding hydrogens is 304 g/mol. The van der Waals surface area contributed by atoms with Crippen LogP contribution in [0, 0.1) is 0 Å². The van der Waals surface area contributed by atoms with Crippen LogP contribution in [-0.4, -0.2) is 47.9 Å². The van der Waals surface area contributed by atoms with Crippen LogP contribution in [0.15, 0.2) is 48.8 Å². The SMILES string of the molecule is CC(=O)c1ccc(N2CCN(C(=O)Nc3cccnc3)CC2)cc1. The molecule has 2 heterocycles. The number of hydrogen-bond donors (Lipinski definition) is 1. The van der Waals surface area contributed by atoms with Gasteiger partial charge in [-0.25, -0.2) is 4.79 Å². The highest BCUT2D eigenvalue weighted by Gasteiger charge is 2.21. The maximum Gasteiger partial charge on any atom is 0.322 e. The van der Waals surface area contributed by atoms with Crippen LogP contribution in [0.3, 0.4) is 0 Å². The molecule has 6 nitrogen and oxygen atoms in total. The molecule has 24 heavy (non-hydrogen) atoms. The van der Waals surface area contributed by atoms with Gasteiger partial charge in [0.05, 0.1) is 11.9 Å². The average Bonchev–Trinajstić information content (AvgIpc) is 2.63. The van der Waals surface area contributed by atoms with Crippen molar-refractivity contribution < 1.29 is 9.59 Å². The second kappa shape index (κ2) is 7.12. The van der Waals surface area contributed by atoms with Gasteiger partial charge in [0.25, 0.3) is 0 Å². The number of carbonyl (C=O) groups excluding carboxylic acids is 2. The van der Waals surface area contributed by atoms with Gasteiger partial charge < -0.3 is 15.1 Å². The Hall–Kier alpha value is -2.89. The molecule has 0 unspecified atom stereocenters. The molecule has 0 atom stereocenters. The predicted molar refractivity (Wildman–Crippen MR) is 93.5 cm³/mol. The van der Waals surface area contributed by atoms with Gasteiger partial charge in [-0.2, -0.15) is 0 Å². The molecule has 124 valence electrons. The van der Waals surface area contributed by atoms with Gasteiger partial charge in [0.1, 0.15) is 0 Å². The number of piperazine rings is 1. The molecule has 0 saturated carbocycles. The summed E-state index contributed by atoms with van der Waals surface area (Å²) < 4.78 is 0. The van der Waals surface area contributed by atoms with Crippen molar-refractivity contribution >= 4 is 23.2 Å². The molecule has 1 N–H and O–H groups in total. The fourth-order valence-corrected chi connectivity index (χ4v) is 2.71. The first-order valence-electron chi connectivity index (χ1n) is 7.95. The molecule has 0 radical (unpaired) electrons. The van der Waals surface area contributed by atoms with Crippen LogP contribution in [0.4, 0.5) is 16.2 Å². The predicted octanol–water partition coefficient (Wildman–Crippen LogP) is 2.64. The lowest BCUT2D eigenvalue weighted by molar-refractivity contribution is 0.101. The Morgan fingerprint density at radius 3 is 2.33 bits per heavy atom. The van der Waals surface area contributed by atoms with Gasteiger partial charge in [0, 0.05) is 43.6 Å². The molecule has 3 rings (SSSR count). The van der Waals surface area contributed by atoms with Gasteiger partial charge in [0.2, 0.25) is 0 Å². The zero-order valence-corrected chi connectivity index (χ0v) is 13.6. The number of hydrogen-bond acceptors (Lipinski definition) is 4. The van der Waals surface area contributed by atoms with E-state index in [0.717, 1.165) is 18.8 Å². The quantitative estimate of drug-likeness (QED) is 0.882. The van der Waals surface area contributed by atoms with E-state index in [1.54, 1.807) is 30.3 Å². The van der Waals surface area contributed by atoms with Gasteiger partial charge >= 0.3 is 6.03 Å². The third-order valence-electron chi connectivity index (χ3n) is 4.12. The van der Waals surface area contributed by atoms with Gasteiger partial charge in [0.15, 0.2) is 5.78 Å². The summed E-state index contributed by atoms with van der Waals surface area (Å²) in [6, 6.07) is 11.1. The lowest BCUT2D eigenvalue weighted by Crippen LogP contribution is -2.50. The highest BCUT2D eigenvalue weighted by atomic mass is 16.2. The standard InChI is InChI=1S/C18H20N4O2/c1-14(23)15-4-6-17(7-5-15)21-9-11-22(12-10-21)18(24)20-16-3-2-8-19-13-16/h2-8,13H,9-12H2,1H3,(H,20,24). The number of rotatable bonds is 3. The molecule has 0 spiro atoms. The topological polar surface area (TPSA) is 65.5 Å². The number of ketones is 1. The number of nitrogens with zero attached hydrogens (tertiary/aromatic N) is 3. The number of amides is 2. The Morgan fingerprint density at radius 2 is 1.75 bits per heavy atom. The largest absolute Gasteiger partial charge is 0.368 e. The van der Waals surface area contributed by atoms with E-state index in [4.69, 9.17) is 0 Å². The van der Waals surface area contributed by atoms with E-state index >= 15 is 0 Å². The van der Waals surface area contributed by atoms with Crippen molar-refractivity contribution in [2.24, 2.45) is 0 Å². The van der Waals surface area contributed by atoms with E-state index in [-0.39, 0.29) is 11.8 Å². The van der Waals surface area contributed by atoms with Gasteiger partial charge in [-0.05, 0) is 43.3 Å². The molecule has 1 aromatic heterocycles. The lowest BCUT2D eigenvalue weighted by atomic mass is 10.1. The summed E-state index contributed by atoms with van der Waals surface area (Å²) in [5.74, 6) is 0.0680. The molecule has 0 bridgehead atoms. The first-order valence-corrected chi connectivity index (χ1v) is 7.95. The van der Waals surface area contributed by atoms with Crippen LogP contribution in [-0.2, 0) is 0 Å². The maximum absolute atomic E-state index is 12.3. The van der Waals surface area contributed by atoms with Crippen molar-refractivity contribution in [3.63, 3.8) is 0 Å². The Morgan fingerprint density at radius 1 is 1.04 bits per heavy atom. The number of Topliss-reactive ketones (excluding diaryl/α,β-unsaturated/α-hetero) is 1. The van der Waals surface area contributed by atoms with E-state index in [1.807, 2.05) is 30.3 Å². The molecule has 2 amide bonds. The Bertz CT molecular complexity index is 708. The molecule has 1 aromatic carbocycles. The fraction of sp³-hybridized carbons (Fsp3) is 0.278. The summed E-state index contributed by atoms with van der Waals surface area (Å²) in [4.78, 5) is 31.6. The molecule has 1 aliphatic rings. The summed E-state index contributed by atoms with van der Waals surface area (Å²) >= 11 is 0. The molecule has 0 aliphatic carbocycles. The minimum absolute atomic E-state index is 0.0680. The van der Waals surface area contributed by atoms with Crippen molar-refractivity contribution in [2.45, 2.75) is 6.92 Å². The van der Waals surface area contributed by atoms with Crippen LogP contribution < -0.4 is 10.2 Å². The van der Waals surface area contributed by atoms with Crippen LogP contribution >= 0.6 is 0 Å². The first kappa shape index (κ1) is 16.0. The zero-order valence-electron chi connectivity index (χ0n) is 13.6. The molecule has 2 aromatic rings. The van der Waals surface area contributed by atoms with Gasteiger partial charge in [-0.3, -0.25) is 9.78 Å². The summed E-state index contributed by atoms with van der Waals surface area (Å²) in [6.07, 6.45) is 3.30. The van der Waals surface area contributed by atoms with Crippen LogP contribution in [0.1, 0.15) is 17.3 Å². The highest BCUT2D eigenvalue weighted by Crippen LogP contribution is 2.18. The molecule has 6 heteroatoms. The first-order chi connectivity index (χ1) is 11.6. The number of nitrogens with one attached hydrogen (secondary N) is 1. The summed E-state index contributed by atoms with van der Waals surface area (Å²) in [6.45, 7) is 4.40. The van der Waals surface area contributed by atoms with Gasteiger partial charge in [-0.15, -0.1) is 0 Å². The van der Waals surface area contributed by atoms with E-state index in [1.165, 1.54) is 0 Å². The van der Waals surface area contributed by atoms with Crippen LogP contribution in [0.5, 0.6) is 0 Å². The van der Waals surface area contributed by atoms with Crippen molar-refractivity contribution in [1.29, 1.82) is 0 Å². The van der Waals surface area contributed by atoms with Crippen molar-refractivity contribution in [2.75, 3.05) is 36.4 Å². The summed E-state index contributed by atoms with van der Waals surface area (Å²) in [5.41, 5.74) is 2.49. The molecule has 1 fully saturated rings. The van der Waals surface area contributed by atoms with Gasteiger partial charge in [-0.1, -0.05) is 0 Å². The average molecular weight is 324 g/mol. The third kappa shape index (κ3) is 3.71. The van der Waals surface area contributed by atoms with Crippen molar-refractivity contribution in [1.82, 2.24) is 9.88 Å². The Labute approximate surface area is 141 Å². The zero-order chi connectivity index (χ0) is 16.9. The Balaban J connectivity index is 1.55. The van der Waals surface area contributed by atoms with Crippen molar-refractivity contribution in [3.8, 4) is 0 Å². The number of carbonyl (C=O) groups is 2. The number of urea groups is 1. The van der Waals surface area contributed by atoms with E-state index in [9.17, 15) is 9.59 Å². The molecule has 1 saturated heterocycles. The van der Waals surface area contributed by atoms with E-state index < -0.39 is 0 Å². The summed E-state index contributed by atoms with van der Waals surface area (Å²) in [7, 11) is 0. The fourth-order valence-electron chi connectivity index (χ4n) is 2.71. The van der Waals surface area contributed by atoms with E-state index in [0.29, 0.717) is 24.3 Å². The van der Waals surface area contributed by atoms with E-state index in [2.05, 4.69) is 15.2 Å². The molecular formula is C18H20N4O2. The lowest BCUT2D eigenvalue weighted by Gasteiger charge is -2.36. The van der Waals surface area contributed by atoms with Crippen LogP contribution in [0.25, 0.3) is 0 Å². The second-order valence-electron chi connectivity index (χ2n) is 5.75. The number of aromatic nitrogens is 1. The number of benzene rings is 1. The highest BCUT2D eigenvalue weighted by molar-refractivity contribution is 5.94. The monoisotopic (exact) mass is 324 g/mol. The second-order valence-corrected chi connectivity index (χ2v) is 5.75. The minimum atomic E-state index is -0.102. The number of anilines is 2. The van der Waals surface area contributed by atoms with Crippen LogP contribution in [0.2, 0.25) is 0 Å². The maximum atomic E-state index is 12.3. The minimum Gasteiger partial charge on any atom is -0.368 e. The Kier molecular flexibility index (Phi) is 4.74. The number of pyridine rings is 1. The smallest absolute Gasteiger partial charge is 0.322 e. The third-order valence-corrected chi connectivity index (χ3v) is 4.12. The van der Waals surface area contributed by atoms with Crippen molar-refractivity contribution in [3.05, 3.63) is 54.4 Å². The summed E-state index contributed by atoms with van der Waals surface area (Å²) in [5, 5.41) is 2.85. The molecule has 1 aliphatic heterocycles.